The summed E-state index contributed by atoms with van der Waals surface area (Å²) < 4.78 is 0. The zero-order chi connectivity index (χ0) is 10.9. The van der Waals surface area contributed by atoms with Crippen LogP contribution >= 0.6 is 34.8 Å². The molecule has 0 aliphatic rings. The predicted octanol–water partition coefficient (Wildman–Crippen LogP) is 2.73. The third kappa shape index (κ3) is 2.12. The van der Waals surface area contributed by atoms with E-state index in [4.69, 9.17) is 45.6 Å². The number of carboxylic acid groups (broad SMARTS) is 1. The van der Waals surface area contributed by atoms with Crippen LogP contribution < -0.4 is 5.73 Å². The van der Waals surface area contributed by atoms with Gasteiger partial charge in [0.25, 0.3) is 0 Å². The lowest BCUT2D eigenvalue weighted by atomic mass is 10.1. The fourth-order valence-electron chi connectivity index (χ4n) is 0.914. The first-order valence-corrected chi connectivity index (χ1v) is 4.70. The molecular weight excluding hydrogens is 248 g/mol. The molecule has 0 fully saturated rings. The second-order valence-corrected chi connectivity index (χ2v) is 3.74. The highest BCUT2D eigenvalue weighted by atomic mass is 35.5. The number of benzene rings is 1. The number of hydrogen-bond donors (Lipinski definition) is 2. The predicted molar refractivity (Wildman–Crippen MR) is 56.0 cm³/mol. The van der Waals surface area contributed by atoms with Crippen LogP contribution in [0.25, 0.3) is 0 Å². The van der Waals surface area contributed by atoms with Gasteiger partial charge in [0, 0.05) is 5.56 Å². The Labute approximate surface area is 95.4 Å². The van der Waals surface area contributed by atoms with Crippen molar-refractivity contribution < 1.29 is 9.90 Å². The van der Waals surface area contributed by atoms with Gasteiger partial charge in [0.05, 0.1) is 15.1 Å². The minimum Gasteiger partial charge on any atom is -0.480 e. The van der Waals surface area contributed by atoms with Crippen molar-refractivity contribution in [3.05, 3.63) is 32.8 Å². The molecule has 3 N–H and O–H groups in total. The van der Waals surface area contributed by atoms with Crippen molar-refractivity contribution in [3.63, 3.8) is 0 Å². The Morgan fingerprint density at radius 2 is 1.86 bits per heavy atom. The van der Waals surface area contributed by atoms with Gasteiger partial charge >= 0.3 is 5.97 Å². The van der Waals surface area contributed by atoms with Gasteiger partial charge in [-0.15, -0.1) is 0 Å². The molecular formula is C8H6Cl3NO2. The first-order chi connectivity index (χ1) is 6.45. The smallest absolute Gasteiger partial charge is 0.325 e. The van der Waals surface area contributed by atoms with Crippen LogP contribution in [-0.2, 0) is 4.79 Å². The maximum Gasteiger partial charge on any atom is 0.325 e. The highest BCUT2D eigenvalue weighted by Gasteiger charge is 2.19. The molecule has 1 atom stereocenters. The van der Waals surface area contributed by atoms with Gasteiger partial charge in [-0.1, -0.05) is 40.9 Å². The van der Waals surface area contributed by atoms with Crippen LogP contribution in [0, 0.1) is 0 Å². The summed E-state index contributed by atoms with van der Waals surface area (Å²) in [6.07, 6.45) is 0. The molecule has 0 aliphatic carbocycles. The van der Waals surface area contributed by atoms with E-state index in [1.54, 1.807) is 0 Å². The van der Waals surface area contributed by atoms with Gasteiger partial charge in [0.2, 0.25) is 0 Å². The van der Waals surface area contributed by atoms with E-state index in [2.05, 4.69) is 0 Å². The fourth-order valence-corrected chi connectivity index (χ4v) is 1.57. The lowest BCUT2D eigenvalue weighted by Gasteiger charge is -2.10. The van der Waals surface area contributed by atoms with Gasteiger partial charge in [-0.05, 0) is 6.07 Å². The summed E-state index contributed by atoms with van der Waals surface area (Å²) in [7, 11) is 0. The van der Waals surface area contributed by atoms with Crippen molar-refractivity contribution >= 4 is 40.8 Å². The lowest BCUT2D eigenvalue weighted by Crippen LogP contribution is -2.21. The van der Waals surface area contributed by atoms with Crippen LogP contribution in [0.1, 0.15) is 11.6 Å². The second-order valence-electron chi connectivity index (χ2n) is 2.58. The molecule has 6 heteroatoms. The molecule has 0 heterocycles. The van der Waals surface area contributed by atoms with E-state index in [1.807, 2.05) is 0 Å². The van der Waals surface area contributed by atoms with Crippen molar-refractivity contribution in [2.24, 2.45) is 5.73 Å². The molecule has 3 nitrogen and oxygen atoms in total. The molecule has 0 saturated carbocycles. The van der Waals surface area contributed by atoms with Crippen LogP contribution in [0.5, 0.6) is 0 Å². The number of carboxylic acids is 1. The quantitative estimate of drug-likeness (QED) is 0.798. The largest absolute Gasteiger partial charge is 0.480 e. The van der Waals surface area contributed by atoms with Crippen LogP contribution in [0.3, 0.4) is 0 Å². The van der Waals surface area contributed by atoms with E-state index >= 15 is 0 Å². The molecule has 76 valence electrons. The van der Waals surface area contributed by atoms with Crippen LogP contribution in [0.15, 0.2) is 12.1 Å². The number of carbonyl (C=O) groups is 1. The van der Waals surface area contributed by atoms with Gasteiger partial charge in [0.15, 0.2) is 0 Å². The van der Waals surface area contributed by atoms with E-state index in [9.17, 15) is 4.79 Å². The van der Waals surface area contributed by atoms with Crippen molar-refractivity contribution in [1.82, 2.24) is 0 Å². The van der Waals surface area contributed by atoms with E-state index in [0.717, 1.165) is 0 Å². The summed E-state index contributed by atoms with van der Waals surface area (Å²) in [6, 6.07) is 1.70. The maximum atomic E-state index is 10.6. The Hall–Kier alpha value is -0.480. The molecule has 0 aromatic heterocycles. The van der Waals surface area contributed by atoms with E-state index in [-0.39, 0.29) is 20.6 Å². The number of halogens is 3. The van der Waals surface area contributed by atoms with E-state index < -0.39 is 12.0 Å². The SMILES string of the molecule is N[C@@H](C(=O)O)c1ccc(Cl)c(Cl)c1Cl. The Balaban J connectivity index is 3.24. The van der Waals surface area contributed by atoms with Gasteiger partial charge < -0.3 is 10.8 Å². The van der Waals surface area contributed by atoms with Crippen molar-refractivity contribution in [1.29, 1.82) is 0 Å². The monoisotopic (exact) mass is 253 g/mol. The van der Waals surface area contributed by atoms with Crippen molar-refractivity contribution in [2.45, 2.75) is 6.04 Å². The van der Waals surface area contributed by atoms with Crippen LogP contribution in [0.4, 0.5) is 0 Å². The minimum atomic E-state index is -1.20. The van der Waals surface area contributed by atoms with Crippen LogP contribution in [0.2, 0.25) is 15.1 Å². The van der Waals surface area contributed by atoms with Gasteiger partial charge in [-0.2, -0.15) is 0 Å². The Morgan fingerprint density at radius 1 is 1.29 bits per heavy atom. The molecule has 0 spiro atoms. The lowest BCUT2D eigenvalue weighted by molar-refractivity contribution is -0.138. The fraction of sp³-hybridized carbons (Fsp3) is 0.125. The Morgan fingerprint density at radius 3 is 2.36 bits per heavy atom. The molecule has 0 unspecified atom stereocenters. The van der Waals surface area contributed by atoms with Crippen molar-refractivity contribution in [3.8, 4) is 0 Å². The first-order valence-electron chi connectivity index (χ1n) is 3.57. The molecule has 1 rings (SSSR count). The van der Waals surface area contributed by atoms with Gasteiger partial charge in [-0.25, -0.2) is 0 Å². The molecule has 0 amide bonds. The van der Waals surface area contributed by atoms with E-state index in [1.165, 1.54) is 12.1 Å². The van der Waals surface area contributed by atoms with Crippen molar-refractivity contribution in [2.75, 3.05) is 0 Å². The highest BCUT2D eigenvalue weighted by molar-refractivity contribution is 6.48. The van der Waals surface area contributed by atoms with Crippen LogP contribution in [-0.4, -0.2) is 11.1 Å². The summed E-state index contributed by atoms with van der Waals surface area (Å²) in [5.41, 5.74) is 5.62. The molecule has 14 heavy (non-hydrogen) atoms. The third-order valence-corrected chi connectivity index (χ3v) is 2.97. The normalized spacial score (nSPS) is 12.6. The minimum absolute atomic E-state index is 0.0778. The number of nitrogens with two attached hydrogens (primary N) is 1. The van der Waals surface area contributed by atoms with Gasteiger partial charge in [-0.3, -0.25) is 4.79 Å². The zero-order valence-corrected chi connectivity index (χ0v) is 9.07. The number of hydrogen-bond acceptors (Lipinski definition) is 2. The second kappa shape index (κ2) is 4.36. The molecule has 0 aliphatic heterocycles. The molecule has 0 radical (unpaired) electrons. The maximum absolute atomic E-state index is 10.6. The summed E-state index contributed by atoms with van der Waals surface area (Å²) in [5.74, 6) is -1.18. The molecule has 0 bridgehead atoms. The molecule has 1 aromatic carbocycles. The summed E-state index contributed by atoms with van der Waals surface area (Å²) in [4.78, 5) is 10.6. The average Bonchev–Trinajstić information content (AvgIpc) is 2.13. The Kier molecular flexibility index (Phi) is 3.61. The average molecular weight is 254 g/mol. The highest BCUT2D eigenvalue weighted by Crippen LogP contribution is 2.34. The standard InChI is InChI=1S/C8H6Cl3NO2/c9-4-2-1-3(5(10)6(4)11)7(12)8(13)14/h1-2,7H,12H2,(H,13,14)/t7-/m1/s1. The molecule has 1 aromatic rings. The Bertz CT molecular complexity index is 381. The number of rotatable bonds is 2. The third-order valence-electron chi connectivity index (χ3n) is 1.67. The molecule has 0 saturated heterocycles. The first kappa shape index (κ1) is 11.6. The summed E-state index contributed by atoms with van der Waals surface area (Å²) >= 11 is 17.2. The summed E-state index contributed by atoms with van der Waals surface area (Å²) in [6.45, 7) is 0. The topological polar surface area (TPSA) is 63.3 Å². The zero-order valence-electron chi connectivity index (χ0n) is 6.80. The summed E-state index contributed by atoms with van der Waals surface area (Å²) in [5, 5.41) is 9.11. The number of aliphatic carboxylic acids is 1. The van der Waals surface area contributed by atoms with E-state index in [0.29, 0.717) is 0 Å². The van der Waals surface area contributed by atoms with Gasteiger partial charge in [0.1, 0.15) is 6.04 Å².